The SMILES string of the molecule is O=[N+]([O-])c1ccc(N/N=C/C(=S)Nc2ccccc2)c([N+](=O)[O-])c1. The minimum Gasteiger partial charge on any atom is -0.345 e. The third kappa shape index (κ3) is 4.55. The van der Waals surface area contributed by atoms with E-state index in [9.17, 15) is 20.2 Å². The van der Waals surface area contributed by atoms with Gasteiger partial charge in [0, 0.05) is 11.8 Å². The first-order valence-corrected chi connectivity index (χ1v) is 6.96. The van der Waals surface area contributed by atoms with Crippen LogP contribution < -0.4 is 10.7 Å². The van der Waals surface area contributed by atoms with Crippen LogP contribution in [0.25, 0.3) is 0 Å². The van der Waals surface area contributed by atoms with Crippen LogP contribution in [0.5, 0.6) is 0 Å². The Morgan fingerprint density at radius 1 is 1.08 bits per heavy atom. The van der Waals surface area contributed by atoms with Crippen LogP contribution >= 0.6 is 12.2 Å². The summed E-state index contributed by atoms with van der Waals surface area (Å²) in [7, 11) is 0. The van der Waals surface area contributed by atoms with Crippen LogP contribution in [0, 0.1) is 20.2 Å². The summed E-state index contributed by atoms with van der Waals surface area (Å²) in [6, 6.07) is 12.4. The molecule has 0 atom stereocenters. The van der Waals surface area contributed by atoms with Crippen LogP contribution in [-0.2, 0) is 0 Å². The summed E-state index contributed by atoms with van der Waals surface area (Å²) < 4.78 is 0. The van der Waals surface area contributed by atoms with E-state index in [2.05, 4.69) is 15.8 Å². The largest absolute Gasteiger partial charge is 0.345 e. The molecule has 122 valence electrons. The van der Waals surface area contributed by atoms with Crippen LogP contribution in [0.1, 0.15) is 0 Å². The molecule has 0 aliphatic heterocycles. The number of hydrogen-bond donors (Lipinski definition) is 2. The van der Waals surface area contributed by atoms with E-state index in [4.69, 9.17) is 12.2 Å². The first-order chi connectivity index (χ1) is 11.5. The molecule has 0 saturated heterocycles. The Bertz CT molecular complexity index is 810. The molecule has 9 nitrogen and oxygen atoms in total. The van der Waals surface area contributed by atoms with Crippen molar-refractivity contribution in [2.24, 2.45) is 5.10 Å². The van der Waals surface area contributed by atoms with Gasteiger partial charge in [-0.2, -0.15) is 5.10 Å². The number of nitro groups is 2. The molecule has 2 aromatic carbocycles. The summed E-state index contributed by atoms with van der Waals surface area (Å²) in [5.41, 5.74) is 2.41. The number of hydrazone groups is 1. The van der Waals surface area contributed by atoms with Gasteiger partial charge in [0.25, 0.3) is 5.69 Å². The Labute approximate surface area is 141 Å². The Morgan fingerprint density at radius 3 is 2.42 bits per heavy atom. The standard InChI is InChI=1S/C14H11N5O4S/c20-18(21)11-6-7-12(13(8-11)19(22)23)17-15-9-14(24)16-10-4-2-1-3-5-10/h1-9,17H,(H,16,24)/b15-9+. The number of para-hydroxylation sites is 1. The number of rotatable bonds is 6. The Balaban J connectivity index is 2.06. The maximum absolute atomic E-state index is 11.0. The molecule has 0 aliphatic carbocycles. The summed E-state index contributed by atoms with van der Waals surface area (Å²) in [6.07, 6.45) is 1.27. The smallest absolute Gasteiger partial charge is 0.301 e. The minimum absolute atomic E-state index is 0.0179. The third-order valence-electron chi connectivity index (χ3n) is 2.80. The lowest BCUT2D eigenvalue weighted by Gasteiger charge is -2.04. The van der Waals surface area contributed by atoms with Crippen molar-refractivity contribution >= 4 is 46.2 Å². The molecule has 2 aromatic rings. The number of anilines is 2. The number of nitrogens with one attached hydrogen (secondary N) is 2. The van der Waals surface area contributed by atoms with E-state index in [0.717, 1.165) is 17.8 Å². The van der Waals surface area contributed by atoms with Gasteiger partial charge in [-0.3, -0.25) is 25.7 Å². The molecule has 24 heavy (non-hydrogen) atoms. The second kappa shape index (κ2) is 7.74. The summed E-state index contributed by atoms with van der Waals surface area (Å²) in [5, 5.41) is 28.4. The van der Waals surface area contributed by atoms with Crippen LogP contribution in [0.3, 0.4) is 0 Å². The molecular formula is C14H11N5O4S. The van der Waals surface area contributed by atoms with Gasteiger partial charge >= 0.3 is 5.69 Å². The number of hydrogen-bond acceptors (Lipinski definition) is 7. The average molecular weight is 345 g/mol. The van der Waals surface area contributed by atoms with Crippen LogP contribution in [-0.4, -0.2) is 21.0 Å². The predicted octanol–water partition coefficient (Wildman–Crippen LogP) is 3.34. The van der Waals surface area contributed by atoms with E-state index in [1.807, 2.05) is 30.3 Å². The third-order valence-corrected chi connectivity index (χ3v) is 3.00. The molecule has 0 unspecified atom stereocenters. The average Bonchev–Trinajstić information content (AvgIpc) is 2.55. The Kier molecular flexibility index (Phi) is 5.47. The summed E-state index contributed by atoms with van der Waals surface area (Å²) >= 11 is 5.07. The van der Waals surface area contributed by atoms with E-state index in [-0.39, 0.29) is 11.4 Å². The molecule has 0 amide bonds. The van der Waals surface area contributed by atoms with Crippen molar-refractivity contribution in [3.8, 4) is 0 Å². The molecule has 2 N–H and O–H groups in total. The number of non-ortho nitro benzene ring substituents is 1. The zero-order valence-corrected chi connectivity index (χ0v) is 12.9. The molecule has 0 aromatic heterocycles. The van der Waals surface area contributed by atoms with Gasteiger partial charge in [0.2, 0.25) is 0 Å². The van der Waals surface area contributed by atoms with E-state index >= 15 is 0 Å². The normalized spacial score (nSPS) is 10.3. The highest BCUT2D eigenvalue weighted by atomic mass is 32.1. The fourth-order valence-electron chi connectivity index (χ4n) is 1.74. The van der Waals surface area contributed by atoms with Crippen molar-refractivity contribution in [2.75, 3.05) is 10.7 Å². The Hall–Kier alpha value is -3.40. The monoisotopic (exact) mass is 345 g/mol. The first-order valence-electron chi connectivity index (χ1n) is 6.55. The first kappa shape index (κ1) is 17.0. The van der Waals surface area contributed by atoms with Crippen molar-refractivity contribution in [2.45, 2.75) is 0 Å². The maximum Gasteiger partial charge on any atom is 0.301 e. The van der Waals surface area contributed by atoms with Crippen molar-refractivity contribution in [1.82, 2.24) is 0 Å². The van der Waals surface area contributed by atoms with Crippen LogP contribution in [0.4, 0.5) is 22.7 Å². The highest BCUT2D eigenvalue weighted by Crippen LogP contribution is 2.28. The topological polar surface area (TPSA) is 123 Å². The molecular weight excluding hydrogens is 334 g/mol. The maximum atomic E-state index is 11.0. The van der Waals surface area contributed by atoms with Gasteiger partial charge in [0.05, 0.1) is 22.1 Å². The van der Waals surface area contributed by atoms with E-state index in [1.54, 1.807) is 0 Å². The van der Waals surface area contributed by atoms with Crippen LogP contribution in [0.2, 0.25) is 0 Å². The van der Waals surface area contributed by atoms with Crippen LogP contribution in [0.15, 0.2) is 53.6 Å². The zero-order valence-electron chi connectivity index (χ0n) is 12.1. The fraction of sp³-hybridized carbons (Fsp3) is 0. The van der Waals surface area contributed by atoms with Crippen molar-refractivity contribution in [3.05, 3.63) is 68.8 Å². The number of thiocarbonyl (C=S) groups is 1. The van der Waals surface area contributed by atoms with Crippen molar-refractivity contribution in [3.63, 3.8) is 0 Å². The van der Waals surface area contributed by atoms with Crippen molar-refractivity contribution < 1.29 is 9.85 Å². The predicted molar refractivity (Wildman–Crippen MR) is 94.5 cm³/mol. The lowest BCUT2D eigenvalue weighted by Crippen LogP contribution is -2.11. The van der Waals surface area contributed by atoms with Gasteiger partial charge in [-0.05, 0) is 18.2 Å². The quantitative estimate of drug-likeness (QED) is 0.356. The minimum atomic E-state index is -0.731. The van der Waals surface area contributed by atoms with Gasteiger partial charge in [-0.25, -0.2) is 0 Å². The lowest BCUT2D eigenvalue weighted by atomic mass is 10.2. The molecule has 0 heterocycles. The second-order valence-electron chi connectivity index (χ2n) is 4.44. The lowest BCUT2D eigenvalue weighted by molar-refractivity contribution is -0.393. The molecule has 0 fully saturated rings. The highest BCUT2D eigenvalue weighted by Gasteiger charge is 2.19. The van der Waals surface area contributed by atoms with Gasteiger partial charge in [-0.1, -0.05) is 30.4 Å². The molecule has 0 spiro atoms. The van der Waals surface area contributed by atoms with Gasteiger partial charge in [-0.15, -0.1) is 0 Å². The summed E-state index contributed by atoms with van der Waals surface area (Å²) in [5.74, 6) is 0. The van der Waals surface area contributed by atoms with Gasteiger partial charge in [0.1, 0.15) is 10.7 Å². The van der Waals surface area contributed by atoms with Gasteiger partial charge < -0.3 is 5.32 Å². The molecule has 10 heteroatoms. The highest BCUT2D eigenvalue weighted by molar-refractivity contribution is 7.82. The van der Waals surface area contributed by atoms with Gasteiger partial charge in [0.15, 0.2) is 0 Å². The Morgan fingerprint density at radius 2 is 1.79 bits per heavy atom. The van der Waals surface area contributed by atoms with E-state index in [0.29, 0.717) is 4.99 Å². The van der Waals surface area contributed by atoms with E-state index in [1.165, 1.54) is 12.3 Å². The molecule has 0 aliphatic rings. The molecule has 0 saturated carbocycles. The van der Waals surface area contributed by atoms with E-state index < -0.39 is 15.5 Å². The fourth-order valence-corrected chi connectivity index (χ4v) is 1.91. The second-order valence-corrected chi connectivity index (χ2v) is 4.88. The number of nitrogens with zero attached hydrogens (tertiary/aromatic N) is 3. The van der Waals surface area contributed by atoms with Crippen molar-refractivity contribution in [1.29, 1.82) is 0 Å². The molecule has 0 radical (unpaired) electrons. The summed E-state index contributed by atoms with van der Waals surface area (Å²) in [6.45, 7) is 0. The zero-order chi connectivity index (χ0) is 17.5. The molecule has 2 rings (SSSR count). The molecule has 0 bridgehead atoms. The summed E-state index contributed by atoms with van der Waals surface area (Å²) in [4.78, 5) is 20.5. The number of nitro benzene ring substituents is 2. The number of benzene rings is 2.